The molecule has 1 aliphatic heterocycles. The Morgan fingerprint density at radius 1 is 1.21 bits per heavy atom. The highest BCUT2D eigenvalue weighted by atomic mass is 19.4. The Hall–Kier alpha value is -3.04. The van der Waals surface area contributed by atoms with Crippen molar-refractivity contribution in [3.8, 4) is 17.5 Å². The quantitative estimate of drug-likeness (QED) is 0.772. The molecule has 10 heteroatoms. The van der Waals surface area contributed by atoms with E-state index in [9.17, 15) is 18.0 Å². The predicted molar refractivity (Wildman–Crippen MR) is 91.3 cm³/mol. The minimum atomic E-state index is -4.82. The van der Waals surface area contributed by atoms with Crippen LogP contribution in [0, 0.1) is 0 Å². The van der Waals surface area contributed by atoms with Gasteiger partial charge in [0.05, 0.1) is 13.7 Å². The van der Waals surface area contributed by atoms with Crippen LogP contribution in [0.4, 0.5) is 13.2 Å². The van der Waals surface area contributed by atoms with Gasteiger partial charge in [-0.05, 0) is 31.0 Å². The number of piperidine rings is 1. The van der Waals surface area contributed by atoms with Crippen LogP contribution in [0.2, 0.25) is 0 Å². The van der Waals surface area contributed by atoms with Crippen molar-refractivity contribution in [2.75, 3.05) is 20.2 Å². The molecule has 0 radical (unpaired) electrons. The van der Waals surface area contributed by atoms with Crippen molar-refractivity contribution in [3.05, 3.63) is 42.2 Å². The highest BCUT2D eigenvalue weighted by molar-refractivity contribution is 5.94. The van der Waals surface area contributed by atoms with Crippen LogP contribution in [0.25, 0.3) is 0 Å². The number of hydrogen-bond acceptors (Lipinski definition) is 6. The first-order valence-corrected chi connectivity index (χ1v) is 8.52. The highest BCUT2D eigenvalue weighted by Crippen LogP contribution is 2.26. The maximum Gasteiger partial charge on any atom is 0.573 e. The SMILES string of the molecule is COc1nccnc1OC1CCCN(C(=O)c2cccc(OC(F)(F)F)c2)C1. The van der Waals surface area contributed by atoms with Crippen LogP contribution in [0.1, 0.15) is 23.2 Å². The maximum absolute atomic E-state index is 12.7. The topological polar surface area (TPSA) is 73.8 Å². The molecular weight excluding hydrogens is 379 g/mol. The van der Waals surface area contributed by atoms with Crippen molar-refractivity contribution in [1.82, 2.24) is 14.9 Å². The normalized spacial score (nSPS) is 17.1. The van der Waals surface area contributed by atoms with E-state index in [0.717, 1.165) is 12.1 Å². The number of halogens is 3. The van der Waals surface area contributed by atoms with Crippen molar-refractivity contribution >= 4 is 5.91 Å². The zero-order chi connectivity index (χ0) is 20.1. The smallest absolute Gasteiger partial charge is 0.477 e. The van der Waals surface area contributed by atoms with E-state index in [1.54, 1.807) is 0 Å². The lowest BCUT2D eigenvalue weighted by atomic mass is 10.1. The Labute approximate surface area is 159 Å². The number of benzene rings is 1. The third-order valence-electron chi connectivity index (χ3n) is 4.08. The number of carbonyl (C=O) groups excluding carboxylic acids is 1. The Morgan fingerprint density at radius 3 is 2.68 bits per heavy atom. The van der Waals surface area contributed by atoms with Crippen molar-refractivity contribution in [1.29, 1.82) is 0 Å². The molecule has 1 aliphatic rings. The minimum Gasteiger partial charge on any atom is -0.477 e. The van der Waals surface area contributed by atoms with Crippen LogP contribution < -0.4 is 14.2 Å². The van der Waals surface area contributed by atoms with Crippen molar-refractivity contribution in [2.45, 2.75) is 25.3 Å². The molecule has 28 heavy (non-hydrogen) atoms. The molecule has 2 aromatic rings. The molecule has 1 amide bonds. The zero-order valence-corrected chi connectivity index (χ0v) is 15.0. The molecule has 1 atom stereocenters. The van der Waals surface area contributed by atoms with Gasteiger partial charge >= 0.3 is 6.36 Å². The van der Waals surface area contributed by atoms with Crippen LogP contribution in [-0.2, 0) is 0 Å². The van der Waals surface area contributed by atoms with Crippen molar-refractivity contribution in [2.24, 2.45) is 0 Å². The first-order valence-electron chi connectivity index (χ1n) is 8.52. The van der Waals surface area contributed by atoms with Crippen LogP contribution in [0.15, 0.2) is 36.7 Å². The number of ether oxygens (including phenoxy) is 3. The van der Waals surface area contributed by atoms with E-state index in [1.165, 1.54) is 36.5 Å². The van der Waals surface area contributed by atoms with Crippen molar-refractivity contribution in [3.63, 3.8) is 0 Å². The number of nitrogens with zero attached hydrogens (tertiary/aromatic N) is 3. The summed E-state index contributed by atoms with van der Waals surface area (Å²) in [6, 6.07) is 5.01. The zero-order valence-electron chi connectivity index (χ0n) is 15.0. The summed E-state index contributed by atoms with van der Waals surface area (Å²) in [4.78, 5) is 22.3. The number of hydrogen-bond donors (Lipinski definition) is 0. The van der Waals surface area contributed by atoms with Crippen molar-refractivity contribution < 1.29 is 32.2 Å². The number of amides is 1. The summed E-state index contributed by atoms with van der Waals surface area (Å²) in [7, 11) is 1.45. The number of likely N-dealkylation sites (tertiary alicyclic amines) is 1. The fourth-order valence-corrected chi connectivity index (χ4v) is 2.92. The molecular formula is C18H18F3N3O4. The van der Waals surface area contributed by atoms with Crippen LogP contribution in [0.5, 0.6) is 17.5 Å². The standard InChI is InChI=1S/C18H18F3N3O4/c1-26-15-16(23-8-7-22-15)27-14-6-3-9-24(11-14)17(25)12-4-2-5-13(10-12)28-18(19,20)21/h2,4-5,7-8,10,14H,3,6,9,11H2,1H3. The number of methoxy groups -OCH3 is 1. The van der Waals surface area contributed by atoms with E-state index in [0.29, 0.717) is 19.4 Å². The lowest BCUT2D eigenvalue weighted by molar-refractivity contribution is -0.274. The molecule has 0 bridgehead atoms. The first kappa shape index (κ1) is 19.7. The monoisotopic (exact) mass is 397 g/mol. The molecule has 1 aromatic heterocycles. The minimum absolute atomic E-state index is 0.111. The summed E-state index contributed by atoms with van der Waals surface area (Å²) in [6.45, 7) is 0.740. The van der Waals surface area contributed by atoms with Crippen LogP contribution in [-0.4, -0.2) is 53.4 Å². The van der Waals surface area contributed by atoms with E-state index < -0.39 is 18.0 Å². The molecule has 1 fully saturated rings. The second kappa shape index (κ2) is 8.32. The molecule has 3 rings (SSSR count). The van der Waals surface area contributed by atoms with E-state index in [1.807, 2.05) is 0 Å². The van der Waals surface area contributed by atoms with Gasteiger partial charge in [0, 0.05) is 24.5 Å². The van der Waals surface area contributed by atoms with Gasteiger partial charge in [-0.3, -0.25) is 4.79 Å². The Balaban J connectivity index is 1.68. The van der Waals surface area contributed by atoms with Gasteiger partial charge in [0.15, 0.2) is 0 Å². The van der Waals surface area contributed by atoms with Gasteiger partial charge < -0.3 is 19.1 Å². The lowest BCUT2D eigenvalue weighted by Crippen LogP contribution is -2.44. The Kier molecular flexibility index (Phi) is 5.86. The maximum atomic E-state index is 12.7. The number of carbonyl (C=O) groups is 1. The van der Waals surface area contributed by atoms with Crippen LogP contribution >= 0.6 is 0 Å². The molecule has 0 aliphatic carbocycles. The van der Waals surface area contributed by atoms with Gasteiger partial charge in [-0.25, -0.2) is 9.97 Å². The fourth-order valence-electron chi connectivity index (χ4n) is 2.92. The van der Waals surface area contributed by atoms with Gasteiger partial charge in [0.25, 0.3) is 17.7 Å². The van der Waals surface area contributed by atoms with Gasteiger partial charge in [0.2, 0.25) is 0 Å². The summed E-state index contributed by atoms with van der Waals surface area (Å²) >= 11 is 0. The average Bonchev–Trinajstić information content (AvgIpc) is 2.67. The van der Waals surface area contributed by atoms with Gasteiger partial charge in [-0.15, -0.1) is 13.2 Å². The molecule has 0 N–H and O–H groups in total. The van der Waals surface area contributed by atoms with Crippen LogP contribution in [0.3, 0.4) is 0 Å². The second-order valence-electron chi connectivity index (χ2n) is 6.08. The molecule has 1 unspecified atom stereocenters. The molecule has 2 heterocycles. The predicted octanol–water partition coefficient (Wildman–Crippen LogP) is 3.07. The molecule has 0 spiro atoms. The summed E-state index contributed by atoms with van der Waals surface area (Å²) < 4.78 is 52.0. The summed E-state index contributed by atoms with van der Waals surface area (Å²) in [5, 5.41) is 0. The molecule has 1 saturated heterocycles. The van der Waals surface area contributed by atoms with E-state index in [-0.39, 0.29) is 30.0 Å². The Morgan fingerprint density at radius 2 is 1.96 bits per heavy atom. The second-order valence-corrected chi connectivity index (χ2v) is 6.08. The van der Waals surface area contributed by atoms with E-state index in [4.69, 9.17) is 9.47 Å². The summed E-state index contributed by atoms with van der Waals surface area (Å²) in [6.07, 6.45) is -0.841. The summed E-state index contributed by atoms with van der Waals surface area (Å²) in [5.74, 6) is -0.368. The highest BCUT2D eigenvalue weighted by Gasteiger charge is 2.32. The fraction of sp³-hybridized carbons (Fsp3) is 0.389. The largest absolute Gasteiger partial charge is 0.573 e. The number of aromatic nitrogens is 2. The first-order chi connectivity index (χ1) is 13.4. The molecule has 1 aromatic carbocycles. The number of rotatable bonds is 5. The number of alkyl halides is 3. The van der Waals surface area contributed by atoms with Gasteiger partial charge in [-0.2, -0.15) is 0 Å². The lowest BCUT2D eigenvalue weighted by Gasteiger charge is -2.32. The third-order valence-corrected chi connectivity index (χ3v) is 4.08. The van der Waals surface area contributed by atoms with Gasteiger partial charge in [-0.1, -0.05) is 6.07 Å². The average molecular weight is 397 g/mol. The van der Waals surface area contributed by atoms with E-state index in [2.05, 4.69) is 14.7 Å². The third kappa shape index (κ3) is 5.02. The molecule has 150 valence electrons. The van der Waals surface area contributed by atoms with E-state index >= 15 is 0 Å². The summed E-state index contributed by atoms with van der Waals surface area (Å²) in [5.41, 5.74) is 0.111. The Bertz CT molecular complexity index is 832. The van der Waals surface area contributed by atoms with Gasteiger partial charge in [0.1, 0.15) is 11.9 Å². The molecule has 0 saturated carbocycles. The molecule has 7 nitrogen and oxygen atoms in total.